The molecule has 0 spiro atoms. The number of hydrogen-bond acceptors (Lipinski definition) is 2. The van der Waals surface area contributed by atoms with Gasteiger partial charge in [-0.05, 0) is 38.0 Å². The van der Waals surface area contributed by atoms with Crippen LogP contribution < -0.4 is 10.1 Å². The molecule has 0 aromatic heterocycles. The van der Waals surface area contributed by atoms with Gasteiger partial charge in [0.2, 0.25) is 0 Å². The van der Waals surface area contributed by atoms with Crippen LogP contribution in [0.15, 0.2) is 48.5 Å². The summed E-state index contributed by atoms with van der Waals surface area (Å²) >= 11 is 0. The van der Waals surface area contributed by atoms with Gasteiger partial charge in [0.25, 0.3) is 0 Å². The van der Waals surface area contributed by atoms with E-state index in [-0.39, 0.29) is 17.9 Å². The van der Waals surface area contributed by atoms with Crippen LogP contribution in [0.2, 0.25) is 0 Å². The Morgan fingerprint density at radius 2 is 1.71 bits per heavy atom. The molecule has 3 heteroatoms. The molecule has 0 aliphatic heterocycles. The normalized spacial score (nSPS) is 13.7. The van der Waals surface area contributed by atoms with E-state index in [1.54, 1.807) is 13.2 Å². The van der Waals surface area contributed by atoms with E-state index < -0.39 is 0 Å². The van der Waals surface area contributed by atoms with Crippen molar-refractivity contribution in [3.63, 3.8) is 0 Å². The Balaban J connectivity index is 2.02. The molecule has 0 amide bonds. The molecule has 0 bridgehead atoms. The summed E-state index contributed by atoms with van der Waals surface area (Å²) in [6.45, 7) is 4.16. The Morgan fingerprint density at radius 3 is 2.43 bits per heavy atom. The van der Waals surface area contributed by atoms with E-state index in [0.717, 1.165) is 16.9 Å². The first kappa shape index (κ1) is 15.5. The zero-order valence-corrected chi connectivity index (χ0v) is 12.8. The van der Waals surface area contributed by atoms with Crippen LogP contribution in [0.5, 0.6) is 5.75 Å². The number of rotatable bonds is 6. The maximum absolute atomic E-state index is 13.7. The van der Waals surface area contributed by atoms with Gasteiger partial charge in [-0.15, -0.1) is 0 Å². The van der Waals surface area contributed by atoms with Crippen LogP contribution >= 0.6 is 0 Å². The summed E-state index contributed by atoms with van der Waals surface area (Å²) in [4.78, 5) is 0. The van der Waals surface area contributed by atoms with Gasteiger partial charge < -0.3 is 10.1 Å². The van der Waals surface area contributed by atoms with Gasteiger partial charge in [0.15, 0.2) is 0 Å². The lowest BCUT2D eigenvalue weighted by atomic mass is 10.0. The van der Waals surface area contributed by atoms with Crippen molar-refractivity contribution in [2.45, 2.75) is 32.4 Å². The molecule has 0 aliphatic rings. The van der Waals surface area contributed by atoms with E-state index in [1.807, 2.05) is 36.4 Å². The summed E-state index contributed by atoms with van der Waals surface area (Å²) in [5, 5.41) is 3.50. The van der Waals surface area contributed by atoms with Gasteiger partial charge in [0, 0.05) is 17.6 Å². The highest BCUT2D eigenvalue weighted by atomic mass is 19.1. The molecular formula is C18H22FNO. The summed E-state index contributed by atoms with van der Waals surface area (Å²) in [5.41, 5.74) is 1.85. The van der Waals surface area contributed by atoms with Crippen LogP contribution in [0.1, 0.15) is 31.0 Å². The highest BCUT2D eigenvalue weighted by Gasteiger charge is 2.14. The molecule has 2 nitrogen and oxygen atoms in total. The third kappa shape index (κ3) is 4.05. The van der Waals surface area contributed by atoms with E-state index in [0.29, 0.717) is 6.42 Å². The monoisotopic (exact) mass is 287 g/mol. The molecule has 1 unspecified atom stereocenters. The Hall–Kier alpha value is -1.87. The highest BCUT2D eigenvalue weighted by Crippen LogP contribution is 2.25. The topological polar surface area (TPSA) is 21.3 Å². The first-order chi connectivity index (χ1) is 10.1. The van der Waals surface area contributed by atoms with Crippen LogP contribution in [0.4, 0.5) is 4.39 Å². The van der Waals surface area contributed by atoms with Gasteiger partial charge in [-0.25, -0.2) is 4.39 Å². The predicted molar refractivity (Wildman–Crippen MR) is 84.1 cm³/mol. The van der Waals surface area contributed by atoms with Gasteiger partial charge in [0.1, 0.15) is 11.6 Å². The van der Waals surface area contributed by atoms with Crippen LogP contribution in [0.3, 0.4) is 0 Å². The Bertz CT molecular complexity index is 585. The first-order valence-corrected chi connectivity index (χ1v) is 7.24. The molecule has 21 heavy (non-hydrogen) atoms. The molecule has 2 atom stereocenters. The number of halogens is 1. The Kier molecular flexibility index (Phi) is 5.34. The van der Waals surface area contributed by atoms with E-state index in [1.165, 1.54) is 6.07 Å². The van der Waals surface area contributed by atoms with E-state index >= 15 is 0 Å². The lowest BCUT2D eigenvalue weighted by Crippen LogP contribution is -2.31. The second-order valence-electron chi connectivity index (χ2n) is 5.33. The van der Waals surface area contributed by atoms with Crippen molar-refractivity contribution < 1.29 is 9.13 Å². The molecule has 112 valence electrons. The van der Waals surface area contributed by atoms with Crippen molar-refractivity contribution in [3.8, 4) is 5.75 Å². The predicted octanol–water partition coefficient (Wildman–Crippen LogP) is 4.12. The van der Waals surface area contributed by atoms with Crippen molar-refractivity contribution >= 4 is 0 Å². The van der Waals surface area contributed by atoms with Gasteiger partial charge in [-0.3, -0.25) is 0 Å². The van der Waals surface area contributed by atoms with Crippen molar-refractivity contribution in [2.75, 3.05) is 7.11 Å². The van der Waals surface area contributed by atoms with E-state index in [4.69, 9.17) is 4.74 Å². The molecule has 0 saturated heterocycles. The number of ether oxygens (including phenoxy) is 1. The number of hydrogen-bond donors (Lipinski definition) is 1. The SMILES string of the molecule is COc1ccccc1[C@H](C)NC(C)Cc1ccccc1F. The maximum Gasteiger partial charge on any atom is 0.126 e. The molecule has 0 heterocycles. The molecule has 1 N–H and O–H groups in total. The average molecular weight is 287 g/mol. The minimum Gasteiger partial charge on any atom is -0.496 e. The minimum absolute atomic E-state index is 0.142. The summed E-state index contributed by atoms with van der Waals surface area (Å²) < 4.78 is 19.1. The van der Waals surface area contributed by atoms with Crippen molar-refractivity contribution in [3.05, 3.63) is 65.5 Å². The average Bonchev–Trinajstić information content (AvgIpc) is 2.49. The molecular weight excluding hydrogens is 265 g/mol. The maximum atomic E-state index is 13.7. The molecule has 2 aromatic rings. The number of para-hydroxylation sites is 1. The third-order valence-electron chi connectivity index (χ3n) is 3.62. The smallest absolute Gasteiger partial charge is 0.126 e. The highest BCUT2D eigenvalue weighted by molar-refractivity contribution is 5.35. The van der Waals surface area contributed by atoms with Gasteiger partial charge in [0.05, 0.1) is 7.11 Å². The lowest BCUT2D eigenvalue weighted by molar-refractivity contribution is 0.394. The van der Waals surface area contributed by atoms with E-state index in [2.05, 4.69) is 19.2 Å². The zero-order valence-electron chi connectivity index (χ0n) is 12.8. The molecule has 0 saturated carbocycles. The minimum atomic E-state index is -0.143. The summed E-state index contributed by atoms with van der Waals surface area (Å²) in [6.07, 6.45) is 0.659. The second-order valence-corrected chi connectivity index (χ2v) is 5.33. The van der Waals surface area contributed by atoms with Crippen molar-refractivity contribution in [2.24, 2.45) is 0 Å². The fourth-order valence-corrected chi connectivity index (χ4v) is 2.59. The standard InChI is InChI=1S/C18H22FNO/c1-13(12-15-8-4-6-10-17(15)19)20-14(2)16-9-5-7-11-18(16)21-3/h4-11,13-14,20H,12H2,1-3H3/t13?,14-/m0/s1. The van der Waals surface area contributed by atoms with Crippen LogP contribution in [0.25, 0.3) is 0 Å². The fourth-order valence-electron chi connectivity index (χ4n) is 2.59. The third-order valence-corrected chi connectivity index (χ3v) is 3.62. The van der Waals surface area contributed by atoms with Crippen molar-refractivity contribution in [1.82, 2.24) is 5.32 Å². The van der Waals surface area contributed by atoms with E-state index in [9.17, 15) is 4.39 Å². The van der Waals surface area contributed by atoms with Crippen LogP contribution in [0, 0.1) is 5.82 Å². The largest absolute Gasteiger partial charge is 0.496 e. The molecule has 2 aromatic carbocycles. The molecule has 2 rings (SSSR count). The molecule has 0 fully saturated rings. The summed E-state index contributed by atoms with van der Waals surface area (Å²) in [7, 11) is 1.67. The number of methoxy groups -OCH3 is 1. The fraction of sp³-hybridized carbons (Fsp3) is 0.333. The Morgan fingerprint density at radius 1 is 1.05 bits per heavy atom. The van der Waals surface area contributed by atoms with Crippen LogP contribution in [-0.4, -0.2) is 13.2 Å². The zero-order chi connectivity index (χ0) is 15.2. The van der Waals surface area contributed by atoms with Crippen LogP contribution in [-0.2, 0) is 6.42 Å². The van der Waals surface area contributed by atoms with Crippen molar-refractivity contribution in [1.29, 1.82) is 0 Å². The first-order valence-electron chi connectivity index (χ1n) is 7.24. The Labute approximate surface area is 126 Å². The number of benzene rings is 2. The molecule has 0 aliphatic carbocycles. The second kappa shape index (κ2) is 7.23. The van der Waals surface area contributed by atoms with Gasteiger partial charge in [-0.1, -0.05) is 36.4 Å². The quantitative estimate of drug-likeness (QED) is 0.863. The lowest BCUT2D eigenvalue weighted by Gasteiger charge is -2.22. The summed E-state index contributed by atoms with van der Waals surface area (Å²) in [6, 6.07) is 15.2. The van der Waals surface area contributed by atoms with Gasteiger partial charge >= 0.3 is 0 Å². The summed E-state index contributed by atoms with van der Waals surface area (Å²) in [5.74, 6) is 0.728. The van der Waals surface area contributed by atoms with Gasteiger partial charge in [-0.2, -0.15) is 0 Å². The number of nitrogens with one attached hydrogen (secondary N) is 1. The molecule has 0 radical (unpaired) electrons.